The second-order valence-electron chi connectivity index (χ2n) is 6.44. The SMILES string of the molecule is COc1ccc(Cl)cc1N1CC(C(=O)N(C)Cc2cnn(C)c2)CC1=O. The number of ether oxygens (including phenoxy) is 1. The lowest BCUT2D eigenvalue weighted by molar-refractivity contribution is -0.135. The van der Waals surface area contributed by atoms with Gasteiger partial charge in [0.05, 0.1) is 24.9 Å². The zero-order chi connectivity index (χ0) is 18.8. The Morgan fingerprint density at radius 1 is 1.46 bits per heavy atom. The minimum atomic E-state index is -0.396. The molecule has 0 radical (unpaired) electrons. The summed E-state index contributed by atoms with van der Waals surface area (Å²) in [6.45, 7) is 0.767. The number of aryl methyl sites for hydroxylation is 1. The lowest BCUT2D eigenvalue weighted by atomic mass is 10.1. The highest BCUT2D eigenvalue weighted by molar-refractivity contribution is 6.31. The van der Waals surface area contributed by atoms with Crippen molar-refractivity contribution in [3.8, 4) is 5.75 Å². The number of methoxy groups -OCH3 is 1. The van der Waals surface area contributed by atoms with E-state index < -0.39 is 5.92 Å². The number of benzene rings is 1. The topological polar surface area (TPSA) is 67.7 Å². The lowest BCUT2D eigenvalue weighted by Gasteiger charge is -2.22. The fraction of sp³-hybridized carbons (Fsp3) is 0.389. The van der Waals surface area contributed by atoms with E-state index in [-0.39, 0.29) is 18.2 Å². The van der Waals surface area contributed by atoms with E-state index in [4.69, 9.17) is 16.3 Å². The maximum absolute atomic E-state index is 12.8. The average molecular weight is 377 g/mol. The van der Waals surface area contributed by atoms with Crippen LogP contribution in [0.5, 0.6) is 5.75 Å². The number of anilines is 1. The monoisotopic (exact) mass is 376 g/mol. The van der Waals surface area contributed by atoms with Crippen LogP contribution in [0.1, 0.15) is 12.0 Å². The molecule has 0 aliphatic carbocycles. The summed E-state index contributed by atoms with van der Waals surface area (Å²) in [6, 6.07) is 5.11. The summed E-state index contributed by atoms with van der Waals surface area (Å²) in [5.74, 6) is -0.0168. The molecule has 0 N–H and O–H groups in total. The molecule has 0 bridgehead atoms. The maximum Gasteiger partial charge on any atom is 0.228 e. The van der Waals surface area contributed by atoms with E-state index >= 15 is 0 Å². The zero-order valence-corrected chi connectivity index (χ0v) is 15.7. The smallest absolute Gasteiger partial charge is 0.228 e. The Bertz CT molecular complexity index is 836. The van der Waals surface area contributed by atoms with E-state index in [1.54, 1.807) is 45.9 Å². The number of carbonyl (C=O) groups is 2. The van der Waals surface area contributed by atoms with Gasteiger partial charge in [-0.3, -0.25) is 14.3 Å². The third kappa shape index (κ3) is 3.67. The van der Waals surface area contributed by atoms with Gasteiger partial charge in [0.25, 0.3) is 0 Å². The summed E-state index contributed by atoms with van der Waals surface area (Å²) in [7, 11) is 5.11. The summed E-state index contributed by atoms with van der Waals surface area (Å²) in [5, 5.41) is 4.62. The first-order valence-corrected chi connectivity index (χ1v) is 8.63. The van der Waals surface area contributed by atoms with Crippen molar-refractivity contribution in [2.24, 2.45) is 13.0 Å². The fourth-order valence-electron chi connectivity index (χ4n) is 3.20. The Morgan fingerprint density at radius 2 is 2.23 bits per heavy atom. The number of aromatic nitrogens is 2. The van der Waals surface area contributed by atoms with Crippen molar-refractivity contribution >= 4 is 29.1 Å². The third-order valence-electron chi connectivity index (χ3n) is 4.46. The van der Waals surface area contributed by atoms with Gasteiger partial charge in [-0.25, -0.2) is 0 Å². The lowest BCUT2D eigenvalue weighted by Crippen LogP contribution is -2.34. The van der Waals surface area contributed by atoms with Crippen LogP contribution in [0, 0.1) is 5.92 Å². The Kier molecular flexibility index (Phi) is 5.18. The zero-order valence-electron chi connectivity index (χ0n) is 15.0. The summed E-state index contributed by atoms with van der Waals surface area (Å²) < 4.78 is 7.02. The second kappa shape index (κ2) is 7.37. The van der Waals surface area contributed by atoms with Crippen LogP contribution in [0.4, 0.5) is 5.69 Å². The number of carbonyl (C=O) groups excluding carboxylic acids is 2. The van der Waals surface area contributed by atoms with Gasteiger partial charge < -0.3 is 14.5 Å². The molecule has 1 unspecified atom stereocenters. The molecule has 1 aromatic heterocycles. The Labute approximate surface area is 157 Å². The quantitative estimate of drug-likeness (QED) is 0.801. The highest BCUT2D eigenvalue weighted by Crippen LogP contribution is 2.35. The predicted molar refractivity (Wildman–Crippen MR) is 98.1 cm³/mol. The fourth-order valence-corrected chi connectivity index (χ4v) is 3.36. The molecule has 1 fully saturated rings. The maximum atomic E-state index is 12.8. The largest absolute Gasteiger partial charge is 0.495 e. The summed E-state index contributed by atoms with van der Waals surface area (Å²) in [4.78, 5) is 28.5. The van der Waals surface area contributed by atoms with Crippen molar-refractivity contribution in [2.45, 2.75) is 13.0 Å². The summed E-state index contributed by atoms with van der Waals surface area (Å²) in [5.41, 5.74) is 1.54. The van der Waals surface area contributed by atoms with Gasteiger partial charge in [-0.2, -0.15) is 5.10 Å². The normalized spacial score (nSPS) is 16.8. The van der Waals surface area contributed by atoms with Gasteiger partial charge >= 0.3 is 0 Å². The minimum absolute atomic E-state index is 0.0642. The van der Waals surface area contributed by atoms with Crippen LogP contribution in [-0.4, -0.2) is 47.2 Å². The van der Waals surface area contributed by atoms with Gasteiger partial charge in [-0.1, -0.05) is 11.6 Å². The molecule has 138 valence electrons. The first-order chi connectivity index (χ1) is 12.4. The van der Waals surface area contributed by atoms with Crippen LogP contribution in [-0.2, 0) is 23.2 Å². The Morgan fingerprint density at radius 3 is 2.88 bits per heavy atom. The molecule has 1 aromatic carbocycles. The molecule has 0 saturated carbocycles. The summed E-state index contributed by atoms with van der Waals surface area (Å²) >= 11 is 6.06. The van der Waals surface area contributed by atoms with E-state index in [1.807, 2.05) is 13.2 Å². The first kappa shape index (κ1) is 18.3. The number of halogens is 1. The van der Waals surface area contributed by atoms with Crippen molar-refractivity contribution in [3.05, 3.63) is 41.2 Å². The van der Waals surface area contributed by atoms with Crippen LogP contribution >= 0.6 is 11.6 Å². The highest BCUT2D eigenvalue weighted by Gasteiger charge is 2.37. The van der Waals surface area contributed by atoms with Gasteiger partial charge in [0.2, 0.25) is 11.8 Å². The minimum Gasteiger partial charge on any atom is -0.495 e. The molecule has 2 amide bonds. The molecule has 3 rings (SSSR count). The van der Waals surface area contributed by atoms with Gasteiger partial charge in [-0.05, 0) is 18.2 Å². The van der Waals surface area contributed by atoms with Gasteiger partial charge in [0.15, 0.2) is 0 Å². The van der Waals surface area contributed by atoms with Crippen LogP contribution in [0.3, 0.4) is 0 Å². The van der Waals surface area contributed by atoms with E-state index in [0.29, 0.717) is 29.5 Å². The van der Waals surface area contributed by atoms with Crippen molar-refractivity contribution in [3.63, 3.8) is 0 Å². The second-order valence-corrected chi connectivity index (χ2v) is 6.87. The molecule has 2 aromatic rings. The van der Waals surface area contributed by atoms with E-state index in [2.05, 4.69) is 5.10 Å². The molecule has 7 nitrogen and oxygen atoms in total. The average Bonchev–Trinajstić information content (AvgIpc) is 3.19. The van der Waals surface area contributed by atoms with Crippen molar-refractivity contribution in [2.75, 3.05) is 25.6 Å². The number of nitrogens with zero attached hydrogens (tertiary/aromatic N) is 4. The number of amides is 2. The molecule has 1 saturated heterocycles. The van der Waals surface area contributed by atoms with E-state index in [9.17, 15) is 9.59 Å². The molecule has 1 aliphatic heterocycles. The van der Waals surface area contributed by atoms with Gasteiger partial charge in [-0.15, -0.1) is 0 Å². The standard InChI is InChI=1S/C18H21ClN4O3/c1-21(9-12-8-20-22(2)10-12)18(25)13-6-17(24)23(11-13)15-7-14(19)4-5-16(15)26-3/h4-5,7-8,10,13H,6,9,11H2,1-3H3. The van der Waals surface area contributed by atoms with Crippen molar-refractivity contribution in [1.29, 1.82) is 0 Å². The molecule has 8 heteroatoms. The first-order valence-electron chi connectivity index (χ1n) is 8.25. The van der Waals surface area contributed by atoms with Crippen LogP contribution in [0.25, 0.3) is 0 Å². The van der Waals surface area contributed by atoms with Crippen LogP contribution in [0.2, 0.25) is 5.02 Å². The molecule has 2 heterocycles. The number of hydrogen-bond acceptors (Lipinski definition) is 4. The Hall–Kier alpha value is -2.54. The van der Waals surface area contributed by atoms with E-state index in [1.165, 1.54) is 7.11 Å². The van der Waals surface area contributed by atoms with Crippen LogP contribution < -0.4 is 9.64 Å². The molecular formula is C18H21ClN4O3. The molecular weight excluding hydrogens is 356 g/mol. The third-order valence-corrected chi connectivity index (χ3v) is 4.70. The molecule has 1 aliphatic rings. The van der Waals surface area contributed by atoms with Crippen molar-refractivity contribution in [1.82, 2.24) is 14.7 Å². The van der Waals surface area contributed by atoms with Gasteiger partial charge in [0, 0.05) is 50.4 Å². The number of rotatable bonds is 5. The highest BCUT2D eigenvalue weighted by atomic mass is 35.5. The molecule has 26 heavy (non-hydrogen) atoms. The predicted octanol–water partition coefficient (Wildman–Crippen LogP) is 2.09. The van der Waals surface area contributed by atoms with E-state index in [0.717, 1.165) is 5.56 Å². The summed E-state index contributed by atoms with van der Waals surface area (Å²) in [6.07, 6.45) is 3.77. The molecule has 0 spiro atoms. The number of hydrogen-bond donors (Lipinski definition) is 0. The molecule has 1 atom stereocenters. The van der Waals surface area contributed by atoms with Crippen molar-refractivity contribution < 1.29 is 14.3 Å². The Balaban J connectivity index is 1.73. The van der Waals surface area contributed by atoms with Gasteiger partial charge in [0.1, 0.15) is 5.75 Å². The van der Waals surface area contributed by atoms with Crippen LogP contribution in [0.15, 0.2) is 30.6 Å².